The maximum Gasteiger partial charge on any atom is 0.257 e. The number of carbonyl (C=O) groups excluding carboxylic acids is 1. The van der Waals surface area contributed by atoms with Gasteiger partial charge in [0.25, 0.3) is 5.91 Å². The van der Waals surface area contributed by atoms with E-state index in [1.807, 2.05) is 36.2 Å². The van der Waals surface area contributed by atoms with Crippen molar-refractivity contribution in [2.75, 3.05) is 37.6 Å². The van der Waals surface area contributed by atoms with E-state index in [2.05, 4.69) is 46.0 Å². The topological polar surface area (TPSA) is 52.8 Å². The first-order valence-electron chi connectivity index (χ1n) is 11.4. The third kappa shape index (κ3) is 4.15. The Labute approximate surface area is 189 Å². The number of furan rings is 1. The zero-order valence-electron chi connectivity index (χ0n) is 18.9. The molecular formula is C26H30N4O2. The third-order valence-corrected chi connectivity index (χ3v) is 6.58. The molecule has 1 aromatic carbocycles. The zero-order valence-corrected chi connectivity index (χ0v) is 18.9. The number of benzene rings is 1. The van der Waals surface area contributed by atoms with Gasteiger partial charge in [-0.2, -0.15) is 0 Å². The normalized spacial score (nSPS) is 16.8. The lowest BCUT2D eigenvalue weighted by atomic mass is 10.0. The minimum absolute atomic E-state index is 0.102. The van der Waals surface area contributed by atoms with Crippen LogP contribution in [0.2, 0.25) is 0 Å². The number of hydrogen-bond donors (Lipinski definition) is 0. The average Bonchev–Trinajstić information content (AvgIpc) is 3.16. The van der Waals surface area contributed by atoms with Crippen LogP contribution in [0.1, 0.15) is 38.6 Å². The predicted octanol–water partition coefficient (Wildman–Crippen LogP) is 3.81. The maximum absolute atomic E-state index is 13.5. The van der Waals surface area contributed by atoms with Gasteiger partial charge in [-0.1, -0.05) is 35.9 Å². The van der Waals surface area contributed by atoms with Gasteiger partial charge in [-0.15, -0.1) is 0 Å². The van der Waals surface area contributed by atoms with Crippen LogP contribution in [0.15, 0.2) is 53.1 Å². The molecule has 0 atom stereocenters. The van der Waals surface area contributed by atoms with Crippen molar-refractivity contribution < 1.29 is 9.21 Å². The van der Waals surface area contributed by atoms with Gasteiger partial charge < -0.3 is 14.2 Å². The Morgan fingerprint density at radius 3 is 2.50 bits per heavy atom. The fraction of sp³-hybridized carbons (Fsp3) is 0.385. The van der Waals surface area contributed by atoms with Crippen molar-refractivity contribution >= 4 is 11.7 Å². The number of nitrogens with zero attached hydrogens (tertiary/aromatic N) is 4. The first-order valence-corrected chi connectivity index (χ1v) is 11.4. The van der Waals surface area contributed by atoms with Crippen LogP contribution in [-0.2, 0) is 19.5 Å². The van der Waals surface area contributed by atoms with Gasteiger partial charge in [0.05, 0.1) is 5.56 Å². The molecule has 3 aromatic rings. The Hall–Kier alpha value is -3.12. The van der Waals surface area contributed by atoms with Crippen LogP contribution in [0, 0.1) is 13.8 Å². The van der Waals surface area contributed by atoms with Crippen molar-refractivity contribution in [3.8, 4) is 0 Å². The number of carbonyl (C=O) groups is 1. The van der Waals surface area contributed by atoms with Crippen LogP contribution in [-0.4, -0.2) is 53.4 Å². The summed E-state index contributed by atoms with van der Waals surface area (Å²) in [5.41, 5.74) is 4.44. The number of pyridine rings is 1. The van der Waals surface area contributed by atoms with E-state index in [0.29, 0.717) is 13.1 Å². The molecule has 0 saturated carbocycles. The summed E-state index contributed by atoms with van der Waals surface area (Å²) in [5.74, 6) is 2.82. The molecule has 6 nitrogen and oxygen atoms in total. The van der Waals surface area contributed by atoms with Crippen molar-refractivity contribution in [1.29, 1.82) is 0 Å². The van der Waals surface area contributed by atoms with E-state index >= 15 is 0 Å². The van der Waals surface area contributed by atoms with Gasteiger partial charge in [0.1, 0.15) is 17.3 Å². The Kier molecular flexibility index (Phi) is 5.70. The van der Waals surface area contributed by atoms with Gasteiger partial charge in [-0.25, -0.2) is 4.98 Å². The number of fused-ring (bicyclic) bond motifs is 1. The van der Waals surface area contributed by atoms with Gasteiger partial charge in [-0.05, 0) is 31.5 Å². The summed E-state index contributed by atoms with van der Waals surface area (Å²) in [4.78, 5) is 24.6. The summed E-state index contributed by atoms with van der Waals surface area (Å²) in [7, 11) is 0. The Morgan fingerprint density at radius 2 is 1.78 bits per heavy atom. The zero-order chi connectivity index (χ0) is 22.1. The molecule has 1 fully saturated rings. The fourth-order valence-electron chi connectivity index (χ4n) is 4.78. The Balaban J connectivity index is 1.28. The molecule has 0 N–H and O–H groups in total. The third-order valence-electron chi connectivity index (χ3n) is 6.58. The number of hydrogen-bond acceptors (Lipinski definition) is 5. The van der Waals surface area contributed by atoms with Crippen LogP contribution in [0.25, 0.3) is 0 Å². The maximum atomic E-state index is 13.5. The van der Waals surface area contributed by atoms with Gasteiger partial charge in [0.15, 0.2) is 0 Å². The largest absolute Gasteiger partial charge is 0.465 e. The molecule has 5 rings (SSSR count). The molecule has 2 aromatic heterocycles. The van der Waals surface area contributed by atoms with Gasteiger partial charge in [-0.3, -0.25) is 9.69 Å². The van der Waals surface area contributed by atoms with E-state index in [4.69, 9.17) is 4.42 Å². The van der Waals surface area contributed by atoms with E-state index in [1.54, 1.807) is 0 Å². The highest BCUT2D eigenvalue weighted by Crippen LogP contribution is 2.30. The lowest BCUT2D eigenvalue weighted by Crippen LogP contribution is -2.49. The molecule has 0 aliphatic carbocycles. The highest BCUT2D eigenvalue weighted by Gasteiger charge is 2.32. The van der Waals surface area contributed by atoms with E-state index < -0.39 is 0 Å². The van der Waals surface area contributed by atoms with Crippen LogP contribution in [0.3, 0.4) is 0 Å². The lowest BCUT2D eigenvalue weighted by Gasteiger charge is -2.35. The van der Waals surface area contributed by atoms with Crippen LogP contribution >= 0.6 is 0 Å². The van der Waals surface area contributed by atoms with E-state index in [-0.39, 0.29) is 5.91 Å². The Bertz CT molecular complexity index is 1080. The first kappa shape index (κ1) is 20.8. The molecular weight excluding hydrogens is 400 g/mol. The van der Waals surface area contributed by atoms with E-state index in [1.165, 1.54) is 11.1 Å². The summed E-state index contributed by atoms with van der Waals surface area (Å²) in [6, 6.07) is 14.7. The second-order valence-corrected chi connectivity index (χ2v) is 8.85. The molecule has 1 amide bonds. The molecule has 32 heavy (non-hydrogen) atoms. The average molecular weight is 431 g/mol. The summed E-state index contributed by atoms with van der Waals surface area (Å²) >= 11 is 0. The van der Waals surface area contributed by atoms with Crippen molar-refractivity contribution in [1.82, 2.24) is 14.8 Å². The van der Waals surface area contributed by atoms with Crippen LogP contribution in [0.4, 0.5) is 5.82 Å². The highest BCUT2D eigenvalue weighted by atomic mass is 16.3. The van der Waals surface area contributed by atoms with E-state index in [0.717, 1.165) is 67.6 Å². The number of rotatable bonds is 4. The number of aromatic nitrogens is 1. The molecule has 2 aliphatic heterocycles. The van der Waals surface area contributed by atoms with Crippen molar-refractivity contribution in [3.05, 3.63) is 82.4 Å². The van der Waals surface area contributed by atoms with Crippen molar-refractivity contribution in [2.45, 2.75) is 33.4 Å². The summed E-state index contributed by atoms with van der Waals surface area (Å²) in [6.45, 7) is 9.62. The lowest BCUT2D eigenvalue weighted by molar-refractivity contribution is 0.0742. The number of amides is 1. The van der Waals surface area contributed by atoms with Crippen molar-refractivity contribution in [2.24, 2.45) is 0 Å². The quantitative estimate of drug-likeness (QED) is 0.630. The van der Waals surface area contributed by atoms with Gasteiger partial charge >= 0.3 is 0 Å². The van der Waals surface area contributed by atoms with Crippen LogP contribution < -0.4 is 4.90 Å². The molecule has 6 heteroatoms. The van der Waals surface area contributed by atoms with Crippen LogP contribution in [0.5, 0.6) is 0 Å². The molecule has 0 spiro atoms. The van der Waals surface area contributed by atoms with Crippen molar-refractivity contribution in [3.63, 3.8) is 0 Å². The second-order valence-electron chi connectivity index (χ2n) is 8.85. The molecule has 0 radical (unpaired) electrons. The Morgan fingerprint density at radius 1 is 1.00 bits per heavy atom. The smallest absolute Gasteiger partial charge is 0.257 e. The molecule has 4 heterocycles. The summed E-state index contributed by atoms with van der Waals surface area (Å²) in [5, 5.41) is 0. The SMILES string of the molecule is Cc1ccc(CN2CCc3oc(C)c(C(=O)N4CCN(c5ccccn5)CC4)c3C2)cc1. The molecule has 166 valence electrons. The molecule has 1 saturated heterocycles. The minimum Gasteiger partial charge on any atom is -0.465 e. The molecule has 2 aliphatic rings. The minimum atomic E-state index is 0.102. The summed E-state index contributed by atoms with van der Waals surface area (Å²) in [6.07, 6.45) is 2.67. The standard InChI is InChI=1S/C26H30N4O2/c1-19-6-8-21(9-7-19)17-28-12-10-23-22(18-28)25(20(2)32-23)26(31)30-15-13-29(14-16-30)24-5-3-4-11-27-24/h3-9,11H,10,12-18H2,1-2H3. The monoisotopic (exact) mass is 430 g/mol. The fourth-order valence-corrected chi connectivity index (χ4v) is 4.78. The summed E-state index contributed by atoms with van der Waals surface area (Å²) < 4.78 is 6.06. The molecule has 0 unspecified atom stereocenters. The van der Waals surface area contributed by atoms with Gasteiger partial charge in [0.2, 0.25) is 0 Å². The molecule has 0 bridgehead atoms. The second kappa shape index (κ2) is 8.79. The number of aryl methyl sites for hydroxylation is 2. The highest BCUT2D eigenvalue weighted by molar-refractivity contribution is 5.97. The van der Waals surface area contributed by atoms with Gasteiger partial charge in [0, 0.05) is 64.0 Å². The first-order chi connectivity index (χ1) is 15.6. The number of piperazine rings is 1. The predicted molar refractivity (Wildman–Crippen MR) is 125 cm³/mol. The van der Waals surface area contributed by atoms with E-state index in [9.17, 15) is 4.79 Å². The number of anilines is 1.